The van der Waals surface area contributed by atoms with Crippen molar-refractivity contribution in [2.45, 2.75) is 12.5 Å². The van der Waals surface area contributed by atoms with Crippen molar-refractivity contribution in [3.05, 3.63) is 22.7 Å². The number of likely N-dealkylation sites (N-methyl/N-ethyl adjacent to an activating group) is 1. The molecule has 1 saturated heterocycles. The number of anilines is 1. The summed E-state index contributed by atoms with van der Waals surface area (Å²) in [6, 6.07) is 6.72. The van der Waals surface area contributed by atoms with Gasteiger partial charge in [0.05, 0.1) is 12.8 Å². The number of ether oxygens (including phenoxy) is 1. The highest BCUT2D eigenvalue weighted by atomic mass is 79.9. The minimum Gasteiger partial charge on any atom is -0.495 e. The predicted molar refractivity (Wildman–Crippen MR) is 70.4 cm³/mol. The molecule has 0 spiro atoms. The van der Waals surface area contributed by atoms with Crippen molar-refractivity contribution in [3.63, 3.8) is 0 Å². The molecule has 1 aromatic rings. The summed E-state index contributed by atoms with van der Waals surface area (Å²) in [4.78, 5) is 2.37. The molecule has 1 aromatic carbocycles. The number of rotatable bonds is 3. The molecule has 16 heavy (non-hydrogen) atoms. The Bertz CT molecular complexity index is 370. The van der Waals surface area contributed by atoms with Crippen LogP contribution in [0.4, 0.5) is 5.69 Å². The van der Waals surface area contributed by atoms with E-state index < -0.39 is 0 Å². The molecule has 1 unspecified atom stereocenters. The first-order valence-corrected chi connectivity index (χ1v) is 6.29. The number of benzene rings is 1. The predicted octanol–water partition coefficient (Wildman–Crippen LogP) is 2.26. The summed E-state index contributed by atoms with van der Waals surface area (Å²) in [6.45, 7) is 2.13. The first-order chi connectivity index (χ1) is 7.74. The molecule has 0 radical (unpaired) electrons. The van der Waals surface area contributed by atoms with E-state index in [2.05, 4.69) is 32.2 Å². The highest BCUT2D eigenvalue weighted by Gasteiger charge is 2.23. The summed E-state index contributed by atoms with van der Waals surface area (Å²) in [5, 5.41) is 3.32. The second kappa shape index (κ2) is 5.06. The Hall–Kier alpha value is -0.740. The third-order valence-electron chi connectivity index (χ3n) is 3.08. The monoisotopic (exact) mass is 284 g/mol. The molecule has 0 saturated carbocycles. The Morgan fingerprint density at radius 1 is 1.50 bits per heavy atom. The fourth-order valence-electron chi connectivity index (χ4n) is 2.12. The van der Waals surface area contributed by atoms with Crippen LogP contribution in [0, 0.1) is 0 Å². The van der Waals surface area contributed by atoms with Gasteiger partial charge in [0.1, 0.15) is 5.75 Å². The fourth-order valence-corrected chi connectivity index (χ4v) is 2.47. The van der Waals surface area contributed by atoms with Gasteiger partial charge in [0.25, 0.3) is 0 Å². The number of methoxy groups -OCH3 is 1. The van der Waals surface area contributed by atoms with Gasteiger partial charge in [0.2, 0.25) is 0 Å². The van der Waals surface area contributed by atoms with Crippen LogP contribution in [0.2, 0.25) is 0 Å². The first kappa shape index (κ1) is 11.7. The van der Waals surface area contributed by atoms with E-state index in [1.54, 1.807) is 7.11 Å². The van der Waals surface area contributed by atoms with E-state index in [9.17, 15) is 0 Å². The quantitative estimate of drug-likeness (QED) is 0.922. The first-order valence-electron chi connectivity index (χ1n) is 5.50. The molecule has 1 aliphatic heterocycles. The van der Waals surface area contributed by atoms with Gasteiger partial charge >= 0.3 is 0 Å². The number of hydrogen-bond acceptors (Lipinski definition) is 3. The van der Waals surface area contributed by atoms with Gasteiger partial charge in [-0.3, -0.25) is 0 Å². The van der Waals surface area contributed by atoms with Gasteiger partial charge in [0, 0.05) is 23.6 Å². The van der Waals surface area contributed by atoms with Crippen LogP contribution in [0.5, 0.6) is 5.75 Å². The van der Waals surface area contributed by atoms with Crippen LogP contribution >= 0.6 is 15.9 Å². The lowest BCUT2D eigenvalue weighted by Gasteiger charge is -2.21. The molecule has 88 valence electrons. The average Bonchev–Trinajstić information content (AvgIpc) is 2.77. The van der Waals surface area contributed by atoms with Crippen LogP contribution < -0.4 is 15.0 Å². The van der Waals surface area contributed by atoms with E-state index >= 15 is 0 Å². The van der Waals surface area contributed by atoms with E-state index in [1.165, 1.54) is 12.1 Å². The van der Waals surface area contributed by atoms with E-state index in [0.29, 0.717) is 6.04 Å². The van der Waals surface area contributed by atoms with E-state index in [0.717, 1.165) is 23.3 Å². The van der Waals surface area contributed by atoms with Crippen LogP contribution in [0.25, 0.3) is 0 Å². The summed E-state index contributed by atoms with van der Waals surface area (Å²) in [7, 11) is 3.74. The molecule has 1 N–H and O–H groups in total. The Balaban J connectivity index is 2.22. The Labute approximate surface area is 105 Å². The van der Waals surface area contributed by atoms with Gasteiger partial charge in [-0.05, 0) is 31.7 Å². The van der Waals surface area contributed by atoms with E-state index in [-0.39, 0.29) is 0 Å². The van der Waals surface area contributed by atoms with Gasteiger partial charge in [-0.2, -0.15) is 0 Å². The van der Waals surface area contributed by atoms with Crippen LogP contribution in [0.3, 0.4) is 0 Å². The van der Waals surface area contributed by atoms with E-state index in [1.807, 2.05) is 19.2 Å². The normalized spacial score (nSPS) is 20.2. The summed E-state index contributed by atoms with van der Waals surface area (Å²) >= 11 is 3.51. The second-order valence-electron chi connectivity index (χ2n) is 4.04. The largest absolute Gasteiger partial charge is 0.495 e. The molecule has 2 rings (SSSR count). The van der Waals surface area contributed by atoms with Crippen molar-refractivity contribution in [1.82, 2.24) is 5.32 Å². The Kier molecular flexibility index (Phi) is 3.71. The van der Waals surface area contributed by atoms with Crippen molar-refractivity contribution in [1.29, 1.82) is 0 Å². The van der Waals surface area contributed by atoms with Crippen LogP contribution in [-0.4, -0.2) is 33.3 Å². The summed E-state index contributed by atoms with van der Waals surface area (Å²) in [6.07, 6.45) is 1.19. The van der Waals surface area contributed by atoms with Gasteiger partial charge in [-0.25, -0.2) is 0 Å². The van der Waals surface area contributed by atoms with Crippen molar-refractivity contribution in [3.8, 4) is 5.75 Å². The zero-order chi connectivity index (χ0) is 11.5. The van der Waals surface area contributed by atoms with Crippen molar-refractivity contribution in [2.24, 2.45) is 0 Å². The van der Waals surface area contributed by atoms with Gasteiger partial charge in [0.15, 0.2) is 0 Å². The lowest BCUT2D eigenvalue weighted by molar-refractivity contribution is 0.414. The van der Waals surface area contributed by atoms with Gasteiger partial charge < -0.3 is 15.0 Å². The van der Waals surface area contributed by atoms with Gasteiger partial charge in [-0.1, -0.05) is 15.9 Å². The van der Waals surface area contributed by atoms with Crippen molar-refractivity contribution < 1.29 is 4.74 Å². The molecule has 1 aliphatic rings. The zero-order valence-electron chi connectivity index (χ0n) is 9.66. The smallest absolute Gasteiger partial charge is 0.142 e. The minimum atomic E-state index is 0.587. The molecule has 1 atom stereocenters. The van der Waals surface area contributed by atoms with Crippen LogP contribution in [-0.2, 0) is 0 Å². The number of hydrogen-bond donors (Lipinski definition) is 1. The maximum absolute atomic E-state index is 5.40. The topological polar surface area (TPSA) is 24.5 Å². The molecular weight excluding hydrogens is 268 g/mol. The highest BCUT2D eigenvalue weighted by molar-refractivity contribution is 9.10. The molecule has 0 amide bonds. The van der Waals surface area contributed by atoms with Crippen molar-refractivity contribution in [2.75, 3.05) is 32.1 Å². The van der Waals surface area contributed by atoms with Crippen LogP contribution in [0.15, 0.2) is 22.7 Å². The molecular formula is C12H17BrN2O. The molecule has 1 fully saturated rings. The summed E-state index contributed by atoms with van der Waals surface area (Å²) in [5.74, 6) is 0.944. The SMILES string of the molecule is CNC1CCN(c2cc(Br)ccc2OC)C1. The second-order valence-corrected chi connectivity index (χ2v) is 4.95. The number of nitrogens with one attached hydrogen (secondary N) is 1. The summed E-state index contributed by atoms with van der Waals surface area (Å²) in [5.41, 5.74) is 1.18. The lowest BCUT2D eigenvalue weighted by Crippen LogP contribution is -2.29. The highest BCUT2D eigenvalue weighted by Crippen LogP contribution is 2.33. The van der Waals surface area contributed by atoms with Crippen molar-refractivity contribution >= 4 is 21.6 Å². The molecule has 0 aromatic heterocycles. The molecule has 4 heteroatoms. The van der Waals surface area contributed by atoms with Crippen LogP contribution in [0.1, 0.15) is 6.42 Å². The lowest BCUT2D eigenvalue weighted by atomic mass is 10.2. The third kappa shape index (κ3) is 2.33. The van der Waals surface area contributed by atoms with E-state index in [4.69, 9.17) is 4.74 Å². The number of halogens is 1. The fraction of sp³-hybridized carbons (Fsp3) is 0.500. The number of nitrogens with zero attached hydrogens (tertiary/aromatic N) is 1. The van der Waals surface area contributed by atoms with Gasteiger partial charge in [-0.15, -0.1) is 0 Å². The standard InChI is InChI=1S/C12H17BrN2O/c1-14-10-5-6-15(8-10)11-7-9(13)3-4-12(11)16-2/h3-4,7,10,14H,5-6,8H2,1-2H3. The molecule has 1 heterocycles. The average molecular weight is 285 g/mol. The third-order valence-corrected chi connectivity index (χ3v) is 3.57. The maximum atomic E-state index is 5.40. The summed E-state index contributed by atoms with van der Waals surface area (Å²) < 4.78 is 6.49. The maximum Gasteiger partial charge on any atom is 0.142 e. The molecule has 0 aliphatic carbocycles. The molecule has 0 bridgehead atoms. The Morgan fingerprint density at radius 3 is 2.94 bits per heavy atom. The zero-order valence-corrected chi connectivity index (χ0v) is 11.3. The molecule has 3 nitrogen and oxygen atoms in total. The Morgan fingerprint density at radius 2 is 2.31 bits per heavy atom. The minimum absolute atomic E-state index is 0.587.